The maximum atomic E-state index is 10.5. The van der Waals surface area contributed by atoms with Gasteiger partial charge in [0, 0.05) is 24.7 Å². The second-order valence-electron chi connectivity index (χ2n) is 2.43. The molecular formula is C7H7N5O. The summed E-state index contributed by atoms with van der Waals surface area (Å²) in [5, 5.41) is 3.91. The van der Waals surface area contributed by atoms with Gasteiger partial charge in [-0.15, -0.1) is 5.10 Å². The van der Waals surface area contributed by atoms with Crippen LogP contribution in [0.25, 0.3) is 5.95 Å². The summed E-state index contributed by atoms with van der Waals surface area (Å²) in [4.78, 5) is 14.5. The number of imidazole rings is 1. The number of nitrogens with two attached hydrogens (primary N) is 1. The van der Waals surface area contributed by atoms with E-state index in [1.807, 2.05) is 0 Å². The highest BCUT2D eigenvalue weighted by Crippen LogP contribution is 2.04. The molecular weight excluding hydrogens is 170 g/mol. The molecule has 0 fully saturated rings. The van der Waals surface area contributed by atoms with Gasteiger partial charge in [-0.05, 0) is 0 Å². The average Bonchev–Trinajstić information content (AvgIpc) is 2.71. The number of carbonyl (C=O) groups excluding carboxylic acids is 1. The largest absolute Gasteiger partial charge is 0.382 e. The molecule has 66 valence electrons. The first-order valence-electron chi connectivity index (χ1n) is 3.61. The summed E-state index contributed by atoms with van der Waals surface area (Å²) in [6.45, 7) is 0. The fraction of sp³-hybridized carbons (Fsp3) is 0. The number of aromatic nitrogens is 4. The van der Waals surface area contributed by atoms with Gasteiger partial charge in [-0.25, -0.2) is 9.67 Å². The molecule has 2 N–H and O–H groups in total. The van der Waals surface area contributed by atoms with E-state index >= 15 is 0 Å². The van der Waals surface area contributed by atoms with E-state index in [2.05, 4.69) is 10.1 Å². The zero-order chi connectivity index (χ0) is 9.26. The minimum Gasteiger partial charge on any atom is -0.382 e. The highest BCUT2D eigenvalue weighted by Gasteiger charge is 2.04. The summed E-state index contributed by atoms with van der Waals surface area (Å²) in [7, 11) is 0. The Kier molecular flexibility index (Phi) is 1.59. The lowest BCUT2D eigenvalue weighted by Gasteiger charge is -1.97. The molecule has 6 heteroatoms. The van der Waals surface area contributed by atoms with Crippen molar-refractivity contribution in [2.45, 2.75) is 0 Å². The molecule has 0 saturated carbocycles. The standard InChI is InChI=1S/C7H7N5O/c8-6-1-3-12(10-6)7-9-2-4-11(7)5-13/h1-5H,(H2,8,10). The van der Waals surface area contributed by atoms with E-state index in [1.54, 1.807) is 18.5 Å². The van der Waals surface area contributed by atoms with Crippen molar-refractivity contribution in [3.8, 4) is 5.95 Å². The normalized spacial score (nSPS) is 10.2. The Balaban J connectivity index is 2.51. The van der Waals surface area contributed by atoms with E-state index in [0.717, 1.165) is 0 Å². The molecule has 0 atom stereocenters. The van der Waals surface area contributed by atoms with Crippen molar-refractivity contribution in [2.24, 2.45) is 0 Å². The van der Waals surface area contributed by atoms with Gasteiger partial charge >= 0.3 is 0 Å². The van der Waals surface area contributed by atoms with Crippen LogP contribution in [0, 0.1) is 0 Å². The second-order valence-corrected chi connectivity index (χ2v) is 2.43. The van der Waals surface area contributed by atoms with Crippen LogP contribution in [-0.4, -0.2) is 25.7 Å². The van der Waals surface area contributed by atoms with Crippen LogP contribution >= 0.6 is 0 Å². The Morgan fingerprint density at radius 3 is 2.92 bits per heavy atom. The van der Waals surface area contributed by atoms with Crippen LogP contribution in [0.2, 0.25) is 0 Å². The molecule has 0 bridgehead atoms. The monoisotopic (exact) mass is 177 g/mol. The van der Waals surface area contributed by atoms with Crippen molar-refractivity contribution in [3.63, 3.8) is 0 Å². The number of hydrogen-bond donors (Lipinski definition) is 1. The minimum atomic E-state index is 0.389. The molecule has 0 aliphatic rings. The SMILES string of the molecule is Nc1ccn(-c2nccn2C=O)n1. The molecule has 0 amide bonds. The Morgan fingerprint density at radius 2 is 2.31 bits per heavy atom. The summed E-state index contributed by atoms with van der Waals surface area (Å²) in [5.74, 6) is 0.812. The topological polar surface area (TPSA) is 78.7 Å². The summed E-state index contributed by atoms with van der Waals surface area (Å²) in [6, 6.07) is 1.63. The molecule has 0 saturated heterocycles. The zero-order valence-corrected chi connectivity index (χ0v) is 6.66. The highest BCUT2D eigenvalue weighted by molar-refractivity contribution is 5.55. The number of rotatable bonds is 2. The van der Waals surface area contributed by atoms with E-state index in [-0.39, 0.29) is 0 Å². The molecule has 2 heterocycles. The molecule has 0 aliphatic heterocycles. The summed E-state index contributed by atoms with van der Waals surface area (Å²) in [5.41, 5.74) is 5.42. The van der Waals surface area contributed by atoms with Crippen LogP contribution in [-0.2, 0) is 4.79 Å². The average molecular weight is 177 g/mol. The van der Waals surface area contributed by atoms with E-state index in [0.29, 0.717) is 18.2 Å². The maximum Gasteiger partial charge on any atom is 0.237 e. The van der Waals surface area contributed by atoms with Gasteiger partial charge in [0.05, 0.1) is 0 Å². The van der Waals surface area contributed by atoms with Gasteiger partial charge in [0.1, 0.15) is 5.82 Å². The first-order valence-corrected chi connectivity index (χ1v) is 3.61. The zero-order valence-electron chi connectivity index (χ0n) is 6.66. The van der Waals surface area contributed by atoms with E-state index in [9.17, 15) is 4.79 Å². The van der Waals surface area contributed by atoms with E-state index in [1.165, 1.54) is 15.4 Å². The molecule has 13 heavy (non-hydrogen) atoms. The Labute approximate surface area is 73.6 Å². The third-order valence-electron chi connectivity index (χ3n) is 1.58. The quantitative estimate of drug-likeness (QED) is 0.638. The van der Waals surface area contributed by atoms with Gasteiger partial charge in [0.2, 0.25) is 12.4 Å². The van der Waals surface area contributed by atoms with Crippen LogP contribution in [0.5, 0.6) is 0 Å². The van der Waals surface area contributed by atoms with E-state index in [4.69, 9.17) is 5.73 Å². The lowest BCUT2D eigenvalue weighted by atomic mass is 10.7. The van der Waals surface area contributed by atoms with Gasteiger partial charge in [0.25, 0.3) is 0 Å². The smallest absolute Gasteiger partial charge is 0.237 e. The Bertz CT molecular complexity index is 430. The van der Waals surface area contributed by atoms with Gasteiger partial charge in [0.15, 0.2) is 0 Å². The predicted octanol–water partition coefficient (Wildman–Crippen LogP) is -0.311. The van der Waals surface area contributed by atoms with Crippen LogP contribution in [0.1, 0.15) is 0 Å². The van der Waals surface area contributed by atoms with Gasteiger partial charge < -0.3 is 5.73 Å². The second kappa shape index (κ2) is 2.74. The van der Waals surface area contributed by atoms with Crippen molar-refractivity contribution in [1.82, 2.24) is 19.3 Å². The van der Waals surface area contributed by atoms with Gasteiger partial charge in [-0.2, -0.15) is 0 Å². The molecule has 0 aromatic carbocycles. The molecule has 0 radical (unpaired) electrons. The van der Waals surface area contributed by atoms with Gasteiger partial charge in [-0.3, -0.25) is 9.36 Å². The summed E-state index contributed by atoms with van der Waals surface area (Å²) < 4.78 is 2.75. The van der Waals surface area contributed by atoms with Crippen molar-refractivity contribution in [1.29, 1.82) is 0 Å². The molecule has 2 rings (SSSR count). The van der Waals surface area contributed by atoms with Gasteiger partial charge in [-0.1, -0.05) is 0 Å². The van der Waals surface area contributed by atoms with Crippen molar-refractivity contribution < 1.29 is 4.79 Å². The number of carbonyl (C=O) groups is 1. The first-order chi connectivity index (χ1) is 6.31. The van der Waals surface area contributed by atoms with Crippen molar-refractivity contribution in [2.75, 3.05) is 5.73 Å². The van der Waals surface area contributed by atoms with Crippen molar-refractivity contribution in [3.05, 3.63) is 24.7 Å². The van der Waals surface area contributed by atoms with E-state index < -0.39 is 0 Å². The van der Waals surface area contributed by atoms with Crippen LogP contribution < -0.4 is 5.73 Å². The fourth-order valence-corrected chi connectivity index (χ4v) is 1.01. The van der Waals surface area contributed by atoms with Crippen LogP contribution in [0.4, 0.5) is 5.82 Å². The Morgan fingerprint density at radius 1 is 1.46 bits per heavy atom. The lowest BCUT2D eigenvalue weighted by Crippen LogP contribution is -2.06. The third kappa shape index (κ3) is 1.18. The maximum absolute atomic E-state index is 10.5. The number of anilines is 1. The van der Waals surface area contributed by atoms with Crippen molar-refractivity contribution >= 4 is 12.2 Å². The predicted molar refractivity (Wildman–Crippen MR) is 45.9 cm³/mol. The number of hydrogen-bond acceptors (Lipinski definition) is 4. The summed E-state index contributed by atoms with van der Waals surface area (Å²) >= 11 is 0. The highest BCUT2D eigenvalue weighted by atomic mass is 16.1. The molecule has 2 aromatic rings. The third-order valence-corrected chi connectivity index (χ3v) is 1.58. The molecule has 2 aromatic heterocycles. The minimum absolute atomic E-state index is 0.389. The molecule has 0 spiro atoms. The fourth-order valence-electron chi connectivity index (χ4n) is 1.01. The first kappa shape index (κ1) is 7.53. The summed E-state index contributed by atoms with van der Waals surface area (Å²) in [6.07, 6.45) is 5.35. The molecule has 0 aliphatic carbocycles. The molecule has 6 nitrogen and oxygen atoms in total. The van der Waals surface area contributed by atoms with Crippen LogP contribution in [0.3, 0.4) is 0 Å². The number of nitrogen functional groups attached to an aromatic ring is 1. The molecule has 0 unspecified atom stereocenters. The Hall–Kier alpha value is -2.11. The lowest BCUT2D eigenvalue weighted by molar-refractivity contribution is 0.545. The number of nitrogens with zero attached hydrogens (tertiary/aromatic N) is 4. The van der Waals surface area contributed by atoms with Crippen LogP contribution in [0.15, 0.2) is 24.7 Å².